The smallest absolute Gasteiger partial charge is 0.254 e. The highest BCUT2D eigenvalue weighted by Crippen LogP contribution is 2.17. The number of hydrogen-bond donors (Lipinski definition) is 1. The number of nitriles is 1. The summed E-state index contributed by atoms with van der Waals surface area (Å²) in [4.78, 5) is 20.8. The Balaban J connectivity index is 1.35. The second-order valence-electron chi connectivity index (χ2n) is 6.59. The molecule has 1 aromatic carbocycles. The van der Waals surface area contributed by atoms with E-state index in [1.54, 1.807) is 35.4 Å². The Bertz CT molecular complexity index is 1020. The van der Waals surface area contributed by atoms with Crippen LogP contribution in [-0.2, 0) is 0 Å². The van der Waals surface area contributed by atoms with Crippen LogP contribution in [0.2, 0.25) is 0 Å². The van der Waals surface area contributed by atoms with Crippen LogP contribution in [0.1, 0.15) is 15.9 Å². The van der Waals surface area contributed by atoms with Crippen LogP contribution in [0.15, 0.2) is 60.8 Å². The van der Waals surface area contributed by atoms with Crippen molar-refractivity contribution in [1.82, 2.24) is 20.1 Å². The van der Waals surface area contributed by atoms with Gasteiger partial charge < -0.3 is 15.1 Å². The molecule has 0 spiro atoms. The van der Waals surface area contributed by atoms with Crippen LogP contribution in [0.4, 0.5) is 17.5 Å². The molecule has 0 atom stereocenters. The number of anilines is 3. The molecule has 1 saturated heterocycles. The predicted molar refractivity (Wildman–Crippen MR) is 109 cm³/mol. The van der Waals surface area contributed by atoms with Gasteiger partial charge >= 0.3 is 0 Å². The molecular formula is C21H19N7O. The lowest BCUT2D eigenvalue weighted by molar-refractivity contribution is 0.0746. The molecule has 0 bridgehead atoms. The fraction of sp³-hybridized carbons (Fsp3) is 0.190. The van der Waals surface area contributed by atoms with Gasteiger partial charge in [0.2, 0.25) is 0 Å². The number of pyridine rings is 1. The van der Waals surface area contributed by atoms with Crippen LogP contribution < -0.4 is 10.2 Å². The molecule has 0 aliphatic carbocycles. The maximum atomic E-state index is 12.7. The standard InChI is InChI=1S/C21H19N7O/c22-15-16-4-3-5-17(14-16)21(29)28-12-10-27(11-13-28)20-8-7-19(25-26-20)24-18-6-1-2-9-23-18/h1-9,14H,10-13H2,(H,23,24,25). The van der Waals surface area contributed by atoms with Crippen molar-refractivity contribution in [2.45, 2.75) is 0 Å². The molecule has 0 unspecified atom stereocenters. The molecule has 0 saturated carbocycles. The van der Waals surface area contributed by atoms with Gasteiger partial charge in [-0.15, -0.1) is 10.2 Å². The average molecular weight is 385 g/mol. The van der Waals surface area contributed by atoms with Gasteiger partial charge in [0.25, 0.3) is 5.91 Å². The van der Waals surface area contributed by atoms with E-state index in [0.29, 0.717) is 48.9 Å². The molecule has 0 radical (unpaired) electrons. The topological polar surface area (TPSA) is 98.0 Å². The van der Waals surface area contributed by atoms with Crippen molar-refractivity contribution in [2.75, 3.05) is 36.4 Å². The largest absolute Gasteiger partial charge is 0.352 e. The fourth-order valence-corrected chi connectivity index (χ4v) is 3.17. The van der Waals surface area contributed by atoms with Crippen molar-refractivity contribution < 1.29 is 4.79 Å². The molecule has 8 nitrogen and oxygen atoms in total. The maximum absolute atomic E-state index is 12.7. The van der Waals surface area contributed by atoms with E-state index >= 15 is 0 Å². The third kappa shape index (κ3) is 4.30. The second-order valence-corrected chi connectivity index (χ2v) is 6.59. The van der Waals surface area contributed by atoms with Gasteiger partial charge in [-0.05, 0) is 42.5 Å². The van der Waals surface area contributed by atoms with E-state index in [9.17, 15) is 4.79 Å². The molecule has 3 heterocycles. The number of piperazine rings is 1. The molecule has 1 N–H and O–H groups in total. The van der Waals surface area contributed by atoms with Gasteiger partial charge in [0.15, 0.2) is 11.6 Å². The lowest BCUT2D eigenvalue weighted by atomic mass is 10.1. The van der Waals surface area contributed by atoms with Crippen LogP contribution in [0.5, 0.6) is 0 Å². The summed E-state index contributed by atoms with van der Waals surface area (Å²) in [5, 5.41) is 20.6. The third-order valence-electron chi connectivity index (χ3n) is 4.70. The van der Waals surface area contributed by atoms with E-state index in [0.717, 1.165) is 5.82 Å². The number of nitrogens with one attached hydrogen (secondary N) is 1. The Morgan fingerprint density at radius 3 is 2.52 bits per heavy atom. The lowest BCUT2D eigenvalue weighted by Gasteiger charge is -2.35. The summed E-state index contributed by atoms with van der Waals surface area (Å²) in [7, 11) is 0. The SMILES string of the molecule is N#Cc1cccc(C(=O)N2CCN(c3ccc(Nc4ccccn4)nn3)CC2)c1. The minimum atomic E-state index is -0.0530. The Hall–Kier alpha value is -3.99. The molecule has 144 valence electrons. The normalized spacial score (nSPS) is 13.6. The van der Waals surface area contributed by atoms with E-state index in [-0.39, 0.29) is 5.91 Å². The first kappa shape index (κ1) is 18.4. The molecule has 1 amide bonds. The molecule has 8 heteroatoms. The summed E-state index contributed by atoms with van der Waals surface area (Å²) < 4.78 is 0. The number of hydrogen-bond acceptors (Lipinski definition) is 7. The zero-order valence-electron chi connectivity index (χ0n) is 15.7. The maximum Gasteiger partial charge on any atom is 0.254 e. The third-order valence-corrected chi connectivity index (χ3v) is 4.70. The first-order valence-corrected chi connectivity index (χ1v) is 9.29. The van der Waals surface area contributed by atoms with Crippen molar-refractivity contribution in [2.24, 2.45) is 0 Å². The summed E-state index contributed by atoms with van der Waals surface area (Å²) in [6, 6.07) is 18.3. The molecule has 1 aliphatic rings. The van der Waals surface area contributed by atoms with Crippen LogP contribution in [0.25, 0.3) is 0 Å². The molecule has 29 heavy (non-hydrogen) atoms. The first-order chi connectivity index (χ1) is 14.2. The summed E-state index contributed by atoms with van der Waals surface area (Å²) in [6.45, 7) is 2.52. The monoisotopic (exact) mass is 385 g/mol. The molecule has 2 aromatic heterocycles. The minimum Gasteiger partial charge on any atom is -0.352 e. The van der Waals surface area contributed by atoms with Gasteiger partial charge in [-0.2, -0.15) is 5.26 Å². The van der Waals surface area contributed by atoms with Crippen LogP contribution in [0.3, 0.4) is 0 Å². The summed E-state index contributed by atoms with van der Waals surface area (Å²) in [5.74, 6) is 2.05. The molecule has 4 rings (SSSR count). The highest BCUT2D eigenvalue weighted by molar-refractivity contribution is 5.94. The van der Waals surface area contributed by atoms with Crippen LogP contribution >= 0.6 is 0 Å². The Morgan fingerprint density at radius 2 is 1.83 bits per heavy atom. The van der Waals surface area contributed by atoms with Gasteiger partial charge in [0.05, 0.1) is 11.6 Å². The van der Waals surface area contributed by atoms with Crippen molar-refractivity contribution >= 4 is 23.4 Å². The summed E-state index contributed by atoms with van der Waals surface area (Å²) in [5.41, 5.74) is 1.03. The quantitative estimate of drug-likeness (QED) is 0.736. The van der Waals surface area contributed by atoms with E-state index in [1.165, 1.54) is 0 Å². The van der Waals surface area contributed by atoms with Gasteiger partial charge in [-0.3, -0.25) is 4.79 Å². The number of carbonyl (C=O) groups is 1. The number of amides is 1. The molecule has 1 fully saturated rings. The number of aromatic nitrogens is 3. The van der Waals surface area contributed by atoms with Crippen molar-refractivity contribution in [3.8, 4) is 6.07 Å². The van der Waals surface area contributed by atoms with Crippen molar-refractivity contribution in [3.63, 3.8) is 0 Å². The highest BCUT2D eigenvalue weighted by atomic mass is 16.2. The lowest BCUT2D eigenvalue weighted by Crippen LogP contribution is -2.49. The van der Waals surface area contributed by atoms with E-state index in [1.807, 2.05) is 30.3 Å². The van der Waals surface area contributed by atoms with Crippen LogP contribution in [0, 0.1) is 11.3 Å². The zero-order chi connectivity index (χ0) is 20.1. The van der Waals surface area contributed by atoms with Gasteiger partial charge in [-0.1, -0.05) is 12.1 Å². The minimum absolute atomic E-state index is 0.0530. The summed E-state index contributed by atoms with van der Waals surface area (Å²) in [6.07, 6.45) is 1.71. The molecule has 1 aliphatic heterocycles. The molecule has 3 aromatic rings. The second kappa shape index (κ2) is 8.35. The summed E-state index contributed by atoms with van der Waals surface area (Å²) >= 11 is 0. The van der Waals surface area contributed by atoms with Gasteiger partial charge in [-0.25, -0.2) is 4.98 Å². The number of nitrogens with zero attached hydrogens (tertiary/aromatic N) is 6. The first-order valence-electron chi connectivity index (χ1n) is 9.29. The number of rotatable bonds is 4. The average Bonchev–Trinajstić information content (AvgIpc) is 2.80. The fourth-order valence-electron chi connectivity index (χ4n) is 3.17. The molecular weight excluding hydrogens is 366 g/mol. The Kier molecular flexibility index (Phi) is 5.29. The van der Waals surface area contributed by atoms with E-state index in [2.05, 4.69) is 31.5 Å². The Morgan fingerprint density at radius 1 is 0.966 bits per heavy atom. The predicted octanol–water partition coefficient (Wildman–Crippen LogP) is 2.45. The Labute approximate surface area is 168 Å². The van der Waals surface area contributed by atoms with Gasteiger partial charge in [0.1, 0.15) is 5.82 Å². The van der Waals surface area contributed by atoms with Gasteiger partial charge in [0, 0.05) is 37.9 Å². The van der Waals surface area contributed by atoms with Crippen LogP contribution in [-0.4, -0.2) is 52.2 Å². The number of carbonyl (C=O) groups excluding carboxylic acids is 1. The number of benzene rings is 1. The zero-order valence-corrected chi connectivity index (χ0v) is 15.7. The van der Waals surface area contributed by atoms with Crippen molar-refractivity contribution in [3.05, 3.63) is 71.9 Å². The van der Waals surface area contributed by atoms with E-state index < -0.39 is 0 Å². The highest BCUT2D eigenvalue weighted by Gasteiger charge is 2.23. The van der Waals surface area contributed by atoms with Crippen molar-refractivity contribution in [1.29, 1.82) is 5.26 Å². The van der Waals surface area contributed by atoms with E-state index in [4.69, 9.17) is 5.26 Å².